The van der Waals surface area contributed by atoms with E-state index >= 15 is 0 Å². The first-order valence-corrected chi connectivity index (χ1v) is 10.8. The number of aryl methyl sites for hydroxylation is 1. The molecule has 3 saturated heterocycles. The zero-order valence-electron chi connectivity index (χ0n) is 16.8. The molecule has 3 fully saturated rings. The SMILES string of the molecule is CCN1C[C@H]2C[C@@H](C1)[C@H](CNC(=O)CCCn1cncn1)N1C(=O)CCC[C@@H]21. The molecule has 0 saturated carbocycles. The molecule has 28 heavy (non-hydrogen) atoms. The van der Waals surface area contributed by atoms with Gasteiger partial charge in [0.2, 0.25) is 11.8 Å². The third-order valence-corrected chi connectivity index (χ3v) is 6.79. The van der Waals surface area contributed by atoms with Gasteiger partial charge in [-0.2, -0.15) is 5.10 Å². The Morgan fingerprint density at radius 3 is 2.96 bits per heavy atom. The second-order valence-electron chi connectivity index (χ2n) is 8.50. The second-order valence-corrected chi connectivity index (χ2v) is 8.50. The van der Waals surface area contributed by atoms with Crippen LogP contribution in [0.5, 0.6) is 0 Å². The number of likely N-dealkylation sites (tertiary alicyclic amines) is 1. The van der Waals surface area contributed by atoms with Crippen molar-refractivity contribution < 1.29 is 9.59 Å². The molecule has 1 aromatic rings. The average molecular weight is 389 g/mol. The molecule has 2 amide bonds. The highest BCUT2D eigenvalue weighted by Crippen LogP contribution is 2.41. The van der Waals surface area contributed by atoms with E-state index in [-0.39, 0.29) is 11.9 Å². The first-order chi connectivity index (χ1) is 13.7. The predicted octanol–water partition coefficient (Wildman–Crippen LogP) is 0.896. The first-order valence-electron chi connectivity index (χ1n) is 10.8. The maximum absolute atomic E-state index is 12.8. The number of carbonyl (C=O) groups excluding carboxylic acids is 2. The van der Waals surface area contributed by atoms with Crippen LogP contribution in [0.25, 0.3) is 0 Å². The van der Waals surface area contributed by atoms with E-state index in [0.29, 0.717) is 49.7 Å². The zero-order chi connectivity index (χ0) is 19.5. The van der Waals surface area contributed by atoms with Gasteiger partial charge < -0.3 is 15.1 Å². The van der Waals surface area contributed by atoms with Crippen LogP contribution in [0.2, 0.25) is 0 Å². The van der Waals surface area contributed by atoms with Crippen molar-refractivity contribution in [2.75, 3.05) is 26.2 Å². The average Bonchev–Trinajstić information content (AvgIpc) is 3.21. The fraction of sp³-hybridized carbons (Fsp3) is 0.800. The Morgan fingerprint density at radius 1 is 1.32 bits per heavy atom. The highest BCUT2D eigenvalue weighted by molar-refractivity contribution is 5.78. The van der Waals surface area contributed by atoms with E-state index in [9.17, 15) is 9.59 Å². The lowest BCUT2D eigenvalue weighted by Crippen LogP contribution is -2.67. The lowest BCUT2D eigenvalue weighted by Gasteiger charge is -2.56. The molecule has 4 rings (SSSR count). The molecule has 8 nitrogen and oxygen atoms in total. The number of aromatic nitrogens is 3. The van der Waals surface area contributed by atoms with Crippen molar-refractivity contribution in [3.63, 3.8) is 0 Å². The normalized spacial score (nSPS) is 30.2. The Bertz CT molecular complexity index is 678. The van der Waals surface area contributed by atoms with Gasteiger partial charge in [0.05, 0.1) is 6.04 Å². The summed E-state index contributed by atoms with van der Waals surface area (Å²) in [7, 11) is 0. The maximum Gasteiger partial charge on any atom is 0.223 e. The largest absolute Gasteiger partial charge is 0.354 e. The Balaban J connectivity index is 1.35. The van der Waals surface area contributed by atoms with E-state index in [1.807, 2.05) is 0 Å². The van der Waals surface area contributed by atoms with E-state index in [1.165, 1.54) is 12.7 Å². The van der Waals surface area contributed by atoms with Crippen LogP contribution >= 0.6 is 0 Å². The van der Waals surface area contributed by atoms with E-state index < -0.39 is 0 Å². The fourth-order valence-electron chi connectivity index (χ4n) is 5.45. The van der Waals surface area contributed by atoms with Crippen LogP contribution in [0.1, 0.15) is 45.4 Å². The van der Waals surface area contributed by atoms with Crippen molar-refractivity contribution in [1.82, 2.24) is 29.9 Å². The van der Waals surface area contributed by atoms with E-state index in [1.54, 1.807) is 11.0 Å². The monoisotopic (exact) mass is 388 g/mol. The van der Waals surface area contributed by atoms with Crippen LogP contribution in [0.15, 0.2) is 12.7 Å². The van der Waals surface area contributed by atoms with Crippen LogP contribution in [0.4, 0.5) is 0 Å². The second kappa shape index (κ2) is 8.59. The molecule has 1 N–H and O–H groups in total. The summed E-state index contributed by atoms with van der Waals surface area (Å²) in [5.74, 6) is 1.41. The maximum atomic E-state index is 12.8. The molecule has 4 heterocycles. The van der Waals surface area contributed by atoms with Gasteiger partial charge in [-0.25, -0.2) is 4.98 Å². The molecule has 1 aromatic heterocycles. The number of rotatable bonds is 7. The Labute approximate surface area is 166 Å². The minimum atomic E-state index is 0.0615. The number of carbonyl (C=O) groups is 2. The summed E-state index contributed by atoms with van der Waals surface area (Å²) in [6.45, 7) is 6.71. The molecule has 3 aliphatic rings. The molecule has 2 bridgehead atoms. The molecule has 4 atom stereocenters. The summed E-state index contributed by atoms with van der Waals surface area (Å²) in [5.41, 5.74) is 0. The Hall–Kier alpha value is -1.96. The van der Waals surface area contributed by atoms with Gasteiger partial charge in [-0.15, -0.1) is 0 Å². The lowest BCUT2D eigenvalue weighted by atomic mass is 9.72. The van der Waals surface area contributed by atoms with Gasteiger partial charge in [-0.3, -0.25) is 14.3 Å². The van der Waals surface area contributed by atoms with Crippen LogP contribution in [-0.4, -0.2) is 74.6 Å². The quantitative estimate of drug-likeness (QED) is 0.750. The first kappa shape index (κ1) is 19.4. The van der Waals surface area contributed by atoms with Crippen molar-refractivity contribution in [2.24, 2.45) is 11.8 Å². The number of hydrogen-bond acceptors (Lipinski definition) is 5. The topological polar surface area (TPSA) is 83.4 Å². The Morgan fingerprint density at radius 2 is 2.18 bits per heavy atom. The van der Waals surface area contributed by atoms with Gasteiger partial charge >= 0.3 is 0 Å². The number of nitrogens with one attached hydrogen (secondary N) is 1. The highest BCUT2D eigenvalue weighted by atomic mass is 16.2. The van der Waals surface area contributed by atoms with Crippen molar-refractivity contribution in [3.8, 4) is 0 Å². The van der Waals surface area contributed by atoms with Gasteiger partial charge in [-0.05, 0) is 44.1 Å². The minimum Gasteiger partial charge on any atom is -0.354 e. The standard InChI is InChI=1S/C20H32N6O2/c1-2-24-11-15-9-16(12-24)18(26-17(15)5-3-7-20(26)28)10-22-19(27)6-4-8-25-14-21-13-23-25/h13-18H,2-12H2,1H3,(H,22,27)/t15-,16+,17+,18+/m1/s1. The summed E-state index contributed by atoms with van der Waals surface area (Å²) in [4.78, 5) is 33.7. The summed E-state index contributed by atoms with van der Waals surface area (Å²) in [6, 6.07) is 0.503. The molecule has 154 valence electrons. The van der Waals surface area contributed by atoms with Crippen molar-refractivity contribution in [3.05, 3.63) is 12.7 Å². The van der Waals surface area contributed by atoms with Crippen molar-refractivity contribution in [1.29, 1.82) is 0 Å². The molecule has 0 aromatic carbocycles. The molecule has 0 unspecified atom stereocenters. The van der Waals surface area contributed by atoms with E-state index in [2.05, 4.69) is 32.1 Å². The van der Waals surface area contributed by atoms with Crippen LogP contribution < -0.4 is 5.32 Å². The zero-order valence-corrected chi connectivity index (χ0v) is 16.8. The van der Waals surface area contributed by atoms with Crippen LogP contribution in [-0.2, 0) is 16.1 Å². The number of hydrogen-bond donors (Lipinski definition) is 1. The van der Waals surface area contributed by atoms with E-state index in [0.717, 1.165) is 38.9 Å². The van der Waals surface area contributed by atoms with Crippen molar-refractivity contribution >= 4 is 11.8 Å². The van der Waals surface area contributed by atoms with Gasteiger partial charge in [0.1, 0.15) is 12.7 Å². The highest BCUT2D eigenvalue weighted by Gasteiger charge is 2.48. The number of amides is 2. The number of fused-ring (bicyclic) bond motifs is 4. The molecule has 8 heteroatoms. The fourth-order valence-corrected chi connectivity index (χ4v) is 5.45. The van der Waals surface area contributed by atoms with Gasteiger partial charge in [-0.1, -0.05) is 6.92 Å². The third kappa shape index (κ3) is 4.06. The molecule has 0 spiro atoms. The van der Waals surface area contributed by atoms with Crippen LogP contribution in [0, 0.1) is 11.8 Å². The smallest absolute Gasteiger partial charge is 0.223 e. The third-order valence-electron chi connectivity index (χ3n) is 6.79. The lowest BCUT2D eigenvalue weighted by molar-refractivity contribution is -0.153. The Kier molecular flexibility index (Phi) is 5.94. The van der Waals surface area contributed by atoms with Gasteiger partial charge in [0.15, 0.2) is 0 Å². The summed E-state index contributed by atoms with van der Waals surface area (Å²) >= 11 is 0. The van der Waals surface area contributed by atoms with E-state index in [4.69, 9.17) is 0 Å². The van der Waals surface area contributed by atoms with Crippen LogP contribution in [0.3, 0.4) is 0 Å². The molecule has 3 aliphatic heterocycles. The summed E-state index contributed by atoms with van der Waals surface area (Å²) in [6.07, 6.45) is 8.36. The summed E-state index contributed by atoms with van der Waals surface area (Å²) in [5, 5.41) is 7.19. The van der Waals surface area contributed by atoms with Gasteiger partial charge in [0.25, 0.3) is 0 Å². The molecule has 0 radical (unpaired) electrons. The van der Waals surface area contributed by atoms with Crippen molar-refractivity contribution in [2.45, 2.75) is 64.1 Å². The summed E-state index contributed by atoms with van der Waals surface area (Å²) < 4.78 is 1.74. The molecular formula is C20H32N6O2. The molecule has 0 aliphatic carbocycles. The minimum absolute atomic E-state index is 0.0615. The van der Waals surface area contributed by atoms with Gasteiger partial charge in [0, 0.05) is 45.1 Å². The predicted molar refractivity (Wildman–Crippen MR) is 104 cm³/mol. The molecular weight excluding hydrogens is 356 g/mol. The number of nitrogens with zero attached hydrogens (tertiary/aromatic N) is 5. The number of piperidine rings is 3.